The van der Waals surface area contributed by atoms with E-state index in [0.717, 1.165) is 22.5 Å². The Morgan fingerprint density at radius 2 is 1.63 bits per heavy atom. The van der Waals surface area contributed by atoms with E-state index in [4.69, 9.17) is 5.14 Å². The van der Waals surface area contributed by atoms with Crippen LogP contribution in [0.4, 0.5) is 13.2 Å². The van der Waals surface area contributed by atoms with E-state index < -0.39 is 33.1 Å². The van der Waals surface area contributed by atoms with Gasteiger partial charge in [-0.15, -0.1) is 0 Å². The second-order valence-corrected chi connectivity index (χ2v) is 6.05. The molecule has 0 atom stereocenters. The number of nitrogens with two attached hydrogens (primary N) is 1. The molecule has 0 aromatic heterocycles. The van der Waals surface area contributed by atoms with Gasteiger partial charge in [0.15, 0.2) is 0 Å². The van der Waals surface area contributed by atoms with Crippen molar-refractivity contribution in [2.75, 3.05) is 13.1 Å². The number of alkyl halides is 1. The van der Waals surface area contributed by atoms with E-state index in [9.17, 15) is 21.6 Å². The summed E-state index contributed by atoms with van der Waals surface area (Å²) in [5, 5.41) is 4.92. The molecule has 19 heavy (non-hydrogen) atoms. The van der Waals surface area contributed by atoms with Crippen molar-refractivity contribution < 1.29 is 21.6 Å². The third-order valence-electron chi connectivity index (χ3n) is 3.29. The predicted octanol–water partition coefficient (Wildman–Crippen LogP) is 1.43. The molecule has 0 aliphatic carbocycles. The minimum absolute atomic E-state index is 0.205. The molecule has 1 saturated heterocycles. The first-order valence-corrected chi connectivity index (χ1v) is 7.16. The van der Waals surface area contributed by atoms with Crippen LogP contribution in [-0.2, 0) is 15.9 Å². The zero-order valence-electron chi connectivity index (χ0n) is 9.94. The summed E-state index contributed by atoms with van der Waals surface area (Å²) < 4.78 is 64.9. The Hall–Kier alpha value is -1.12. The summed E-state index contributed by atoms with van der Waals surface area (Å²) in [6, 6.07) is 3.11. The van der Waals surface area contributed by atoms with Crippen LogP contribution in [0.1, 0.15) is 18.4 Å². The molecule has 1 heterocycles. The van der Waals surface area contributed by atoms with Gasteiger partial charge in [-0.1, -0.05) is 6.07 Å². The summed E-state index contributed by atoms with van der Waals surface area (Å²) >= 11 is 0. The van der Waals surface area contributed by atoms with Crippen molar-refractivity contribution in [2.45, 2.75) is 18.5 Å². The lowest BCUT2D eigenvalue weighted by atomic mass is 9.86. The highest BCUT2D eigenvalue weighted by molar-refractivity contribution is 7.86. The van der Waals surface area contributed by atoms with Gasteiger partial charge in [0.1, 0.15) is 17.3 Å². The van der Waals surface area contributed by atoms with E-state index in [2.05, 4.69) is 0 Å². The lowest BCUT2D eigenvalue weighted by molar-refractivity contribution is 0.0788. The smallest absolute Gasteiger partial charge is 0.238 e. The molecule has 4 nitrogen and oxygen atoms in total. The second kappa shape index (κ2) is 4.77. The SMILES string of the molecule is NS(=O)(=O)N1CCC(F)(c2c(F)cccc2F)CC1. The Labute approximate surface area is 109 Å². The first-order chi connectivity index (χ1) is 8.74. The molecule has 0 saturated carbocycles. The molecule has 106 valence electrons. The fourth-order valence-corrected chi connectivity index (χ4v) is 2.96. The molecule has 0 unspecified atom stereocenters. The van der Waals surface area contributed by atoms with Crippen molar-refractivity contribution in [1.29, 1.82) is 0 Å². The van der Waals surface area contributed by atoms with Gasteiger partial charge in [0.2, 0.25) is 0 Å². The predicted molar refractivity (Wildman–Crippen MR) is 63.1 cm³/mol. The number of hydrogen-bond donors (Lipinski definition) is 1. The quantitative estimate of drug-likeness (QED) is 0.897. The monoisotopic (exact) mass is 294 g/mol. The van der Waals surface area contributed by atoms with Crippen LogP contribution in [0, 0.1) is 11.6 Å². The molecule has 0 spiro atoms. The van der Waals surface area contributed by atoms with Crippen LogP contribution in [0.25, 0.3) is 0 Å². The molecule has 1 fully saturated rings. The Balaban J connectivity index is 2.28. The zero-order valence-corrected chi connectivity index (χ0v) is 10.8. The van der Waals surface area contributed by atoms with Gasteiger partial charge in [-0.3, -0.25) is 0 Å². The minimum atomic E-state index is -3.90. The minimum Gasteiger partial charge on any atom is -0.238 e. The van der Waals surface area contributed by atoms with Crippen molar-refractivity contribution in [3.8, 4) is 0 Å². The molecule has 1 aromatic rings. The first-order valence-electron chi connectivity index (χ1n) is 5.65. The van der Waals surface area contributed by atoms with Crippen LogP contribution >= 0.6 is 0 Å². The normalized spacial score (nSPS) is 20.4. The Kier molecular flexibility index (Phi) is 3.59. The standard InChI is InChI=1S/C11H13F3N2O2S/c12-8-2-1-3-9(13)10(8)11(14)4-6-16(7-5-11)19(15,17)18/h1-3H,4-7H2,(H2,15,17,18). The molecule has 1 aromatic carbocycles. The third kappa shape index (κ3) is 2.75. The zero-order chi connectivity index (χ0) is 14.3. The average molecular weight is 294 g/mol. The van der Waals surface area contributed by atoms with Crippen molar-refractivity contribution in [1.82, 2.24) is 4.31 Å². The topological polar surface area (TPSA) is 63.4 Å². The van der Waals surface area contributed by atoms with Crippen molar-refractivity contribution in [2.24, 2.45) is 5.14 Å². The van der Waals surface area contributed by atoms with Gasteiger partial charge in [0.25, 0.3) is 10.2 Å². The van der Waals surface area contributed by atoms with Crippen molar-refractivity contribution >= 4 is 10.2 Å². The van der Waals surface area contributed by atoms with Crippen molar-refractivity contribution in [3.05, 3.63) is 35.4 Å². The maximum atomic E-state index is 14.6. The average Bonchev–Trinajstić information content (AvgIpc) is 2.27. The van der Waals surface area contributed by atoms with E-state index in [1.807, 2.05) is 0 Å². The van der Waals surface area contributed by atoms with Crippen LogP contribution in [0.2, 0.25) is 0 Å². The van der Waals surface area contributed by atoms with Crippen LogP contribution in [0.5, 0.6) is 0 Å². The maximum Gasteiger partial charge on any atom is 0.276 e. The van der Waals surface area contributed by atoms with Crippen LogP contribution in [-0.4, -0.2) is 25.8 Å². The summed E-state index contributed by atoms with van der Waals surface area (Å²) in [7, 11) is -3.90. The molecule has 0 radical (unpaired) electrons. The van der Waals surface area contributed by atoms with Gasteiger partial charge in [-0.05, 0) is 25.0 Å². The first kappa shape index (κ1) is 14.3. The van der Waals surface area contributed by atoms with Gasteiger partial charge in [-0.25, -0.2) is 18.3 Å². The summed E-state index contributed by atoms with van der Waals surface area (Å²) in [4.78, 5) is 0. The van der Waals surface area contributed by atoms with Gasteiger partial charge in [0.05, 0.1) is 5.56 Å². The fraction of sp³-hybridized carbons (Fsp3) is 0.455. The molecule has 2 rings (SSSR count). The summed E-state index contributed by atoms with van der Waals surface area (Å²) in [5.74, 6) is -1.93. The number of rotatable bonds is 2. The van der Waals surface area contributed by atoms with Gasteiger partial charge < -0.3 is 0 Å². The van der Waals surface area contributed by atoms with Crippen LogP contribution in [0.3, 0.4) is 0 Å². The summed E-state index contributed by atoms with van der Waals surface area (Å²) in [5.41, 5.74) is -2.85. The highest BCUT2D eigenvalue weighted by Gasteiger charge is 2.42. The molecule has 8 heteroatoms. The lowest BCUT2D eigenvalue weighted by Gasteiger charge is -2.35. The summed E-state index contributed by atoms with van der Waals surface area (Å²) in [6.45, 7) is -0.411. The highest BCUT2D eigenvalue weighted by atomic mass is 32.2. The number of nitrogens with zero attached hydrogens (tertiary/aromatic N) is 1. The molecule has 1 aliphatic rings. The van der Waals surface area contributed by atoms with E-state index in [1.165, 1.54) is 0 Å². The number of hydrogen-bond acceptors (Lipinski definition) is 2. The highest BCUT2D eigenvalue weighted by Crippen LogP contribution is 2.39. The van der Waals surface area contributed by atoms with E-state index in [1.54, 1.807) is 0 Å². The molecule has 0 amide bonds. The third-order valence-corrected chi connectivity index (χ3v) is 4.37. The van der Waals surface area contributed by atoms with E-state index >= 15 is 0 Å². The molecule has 1 aliphatic heterocycles. The Morgan fingerprint density at radius 1 is 1.16 bits per heavy atom. The van der Waals surface area contributed by atoms with Crippen LogP contribution < -0.4 is 5.14 Å². The van der Waals surface area contributed by atoms with E-state index in [0.29, 0.717) is 0 Å². The molecule has 2 N–H and O–H groups in total. The Bertz CT molecular complexity index is 563. The second-order valence-electron chi connectivity index (χ2n) is 4.51. The van der Waals surface area contributed by atoms with Gasteiger partial charge in [-0.2, -0.15) is 12.7 Å². The summed E-state index contributed by atoms with van der Waals surface area (Å²) in [6.07, 6.45) is -0.664. The largest absolute Gasteiger partial charge is 0.276 e. The number of benzene rings is 1. The Morgan fingerprint density at radius 3 is 2.05 bits per heavy atom. The number of halogens is 3. The van der Waals surface area contributed by atoms with Crippen molar-refractivity contribution in [3.63, 3.8) is 0 Å². The van der Waals surface area contributed by atoms with Gasteiger partial charge in [0, 0.05) is 13.1 Å². The van der Waals surface area contributed by atoms with Gasteiger partial charge >= 0.3 is 0 Å². The molecular formula is C11H13F3N2O2S. The fourth-order valence-electron chi connectivity index (χ4n) is 2.27. The lowest BCUT2D eigenvalue weighted by Crippen LogP contribution is -2.46. The maximum absolute atomic E-state index is 14.6. The molecule has 0 bridgehead atoms. The van der Waals surface area contributed by atoms with Crippen LogP contribution in [0.15, 0.2) is 18.2 Å². The number of piperidine rings is 1. The molecular weight excluding hydrogens is 281 g/mol. The van der Waals surface area contributed by atoms with E-state index in [-0.39, 0.29) is 25.9 Å².